The summed E-state index contributed by atoms with van der Waals surface area (Å²) >= 11 is 1.65. The summed E-state index contributed by atoms with van der Waals surface area (Å²) in [5, 5.41) is 22.0. The van der Waals surface area contributed by atoms with Gasteiger partial charge in [-0.05, 0) is 42.8 Å². The smallest absolute Gasteiger partial charge is 0.190 e. The van der Waals surface area contributed by atoms with Gasteiger partial charge in [-0.3, -0.25) is 0 Å². The van der Waals surface area contributed by atoms with E-state index in [1.807, 2.05) is 30.5 Å². The van der Waals surface area contributed by atoms with Crippen LogP contribution >= 0.6 is 11.8 Å². The summed E-state index contributed by atoms with van der Waals surface area (Å²) in [6, 6.07) is 9.89. The first kappa shape index (κ1) is 18.5. The highest BCUT2D eigenvalue weighted by molar-refractivity contribution is 7.98. The summed E-state index contributed by atoms with van der Waals surface area (Å²) in [5.74, 6) is 1.65. The van der Waals surface area contributed by atoms with Crippen LogP contribution < -0.4 is 5.32 Å². The molecule has 0 aliphatic rings. The Labute approximate surface area is 148 Å². The summed E-state index contributed by atoms with van der Waals surface area (Å²) in [7, 11) is 0. The lowest BCUT2D eigenvalue weighted by Gasteiger charge is -2.11. The molecule has 24 heavy (non-hydrogen) atoms. The average Bonchev–Trinajstić information content (AvgIpc) is 2.96. The lowest BCUT2D eigenvalue weighted by Crippen LogP contribution is -2.17. The van der Waals surface area contributed by atoms with E-state index in [1.54, 1.807) is 11.8 Å². The zero-order chi connectivity index (χ0) is 17.4. The van der Waals surface area contributed by atoms with E-state index in [0.29, 0.717) is 11.5 Å². The van der Waals surface area contributed by atoms with E-state index in [1.165, 1.54) is 0 Å². The maximum absolute atomic E-state index is 8.92. The molecule has 128 valence electrons. The standard InChI is InChI=1S/C18H25N5S/c1-14(2)13-23-17(21-22-18(23)24-3)8-5-9-20-12-16-7-4-6-15(10-16)11-19/h4,6-7,10,14,20H,5,8-9,12-13H2,1-3H3. The van der Waals surface area contributed by atoms with Gasteiger partial charge in [-0.15, -0.1) is 10.2 Å². The molecule has 2 rings (SSSR count). The Morgan fingerprint density at radius 2 is 2.17 bits per heavy atom. The van der Waals surface area contributed by atoms with Crippen molar-refractivity contribution in [1.82, 2.24) is 20.1 Å². The van der Waals surface area contributed by atoms with E-state index in [4.69, 9.17) is 5.26 Å². The Hall–Kier alpha value is -1.84. The number of hydrogen-bond donors (Lipinski definition) is 1. The van der Waals surface area contributed by atoms with Crippen LogP contribution in [0, 0.1) is 17.2 Å². The summed E-state index contributed by atoms with van der Waals surface area (Å²) in [6.07, 6.45) is 3.98. The van der Waals surface area contributed by atoms with Crippen molar-refractivity contribution in [2.24, 2.45) is 5.92 Å². The predicted octanol–water partition coefficient (Wildman–Crippen LogP) is 3.25. The number of aromatic nitrogens is 3. The fraction of sp³-hybridized carbons (Fsp3) is 0.500. The first-order valence-corrected chi connectivity index (χ1v) is 9.52. The molecule has 6 heteroatoms. The van der Waals surface area contributed by atoms with Crippen molar-refractivity contribution in [1.29, 1.82) is 5.26 Å². The van der Waals surface area contributed by atoms with Gasteiger partial charge in [-0.25, -0.2) is 0 Å². The van der Waals surface area contributed by atoms with Gasteiger partial charge < -0.3 is 9.88 Å². The number of nitrogens with one attached hydrogen (secondary N) is 1. The van der Waals surface area contributed by atoms with Crippen LogP contribution in [0.5, 0.6) is 0 Å². The second-order valence-corrected chi connectivity index (χ2v) is 6.97. The lowest BCUT2D eigenvalue weighted by atomic mass is 10.1. The van der Waals surface area contributed by atoms with E-state index in [2.05, 4.69) is 40.0 Å². The molecule has 0 aliphatic carbocycles. The topological polar surface area (TPSA) is 66.5 Å². The summed E-state index contributed by atoms with van der Waals surface area (Å²) in [5.41, 5.74) is 1.85. The zero-order valence-electron chi connectivity index (χ0n) is 14.6. The molecule has 0 amide bonds. The van der Waals surface area contributed by atoms with Gasteiger partial charge in [0.2, 0.25) is 0 Å². The SMILES string of the molecule is CSc1nnc(CCCNCc2cccc(C#N)c2)n1CC(C)C. The van der Waals surface area contributed by atoms with Gasteiger partial charge in [0.25, 0.3) is 0 Å². The zero-order valence-corrected chi connectivity index (χ0v) is 15.4. The Morgan fingerprint density at radius 1 is 1.33 bits per heavy atom. The minimum absolute atomic E-state index is 0.580. The van der Waals surface area contributed by atoms with Crippen molar-refractivity contribution in [3.05, 3.63) is 41.2 Å². The lowest BCUT2D eigenvalue weighted by molar-refractivity contribution is 0.475. The number of rotatable bonds is 9. The fourth-order valence-electron chi connectivity index (χ4n) is 2.56. The molecule has 0 aliphatic heterocycles. The molecule has 1 aromatic heterocycles. The highest BCUT2D eigenvalue weighted by atomic mass is 32.2. The number of thioether (sulfide) groups is 1. The first-order chi connectivity index (χ1) is 11.6. The Bertz CT molecular complexity index is 687. The van der Waals surface area contributed by atoms with Crippen molar-refractivity contribution in [3.8, 4) is 6.07 Å². The van der Waals surface area contributed by atoms with Crippen LogP contribution in [-0.4, -0.2) is 27.6 Å². The Morgan fingerprint density at radius 3 is 2.88 bits per heavy atom. The Balaban J connectivity index is 1.80. The average molecular weight is 344 g/mol. The van der Waals surface area contributed by atoms with Gasteiger partial charge in [0.1, 0.15) is 5.82 Å². The van der Waals surface area contributed by atoms with Gasteiger partial charge in [-0.2, -0.15) is 5.26 Å². The van der Waals surface area contributed by atoms with Crippen molar-refractivity contribution in [2.75, 3.05) is 12.8 Å². The molecule has 0 fully saturated rings. The third kappa shape index (κ3) is 5.36. The van der Waals surface area contributed by atoms with Gasteiger partial charge in [0, 0.05) is 19.5 Å². The minimum Gasteiger partial charge on any atom is -0.313 e. The van der Waals surface area contributed by atoms with Crippen LogP contribution in [0.2, 0.25) is 0 Å². The second-order valence-electron chi connectivity index (χ2n) is 6.20. The molecule has 5 nitrogen and oxygen atoms in total. The predicted molar refractivity (Wildman–Crippen MR) is 97.8 cm³/mol. The van der Waals surface area contributed by atoms with Gasteiger partial charge in [-0.1, -0.05) is 37.7 Å². The summed E-state index contributed by atoms with van der Waals surface area (Å²) in [4.78, 5) is 0. The molecule has 2 aromatic rings. The molecule has 0 atom stereocenters. The number of nitrogens with zero attached hydrogens (tertiary/aromatic N) is 4. The van der Waals surface area contributed by atoms with Crippen molar-refractivity contribution < 1.29 is 0 Å². The van der Waals surface area contributed by atoms with Crippen LogP contribution in [0.15, 0.2) is 29.4 Å². The molecule has 0 spiro atoms. The van der Waals surface area contributed by atoms with Crippen molar-refractivity contribution in [3.63, 3.8) is 0 Å². The second kappa shape index (κ2) is 9.45. The van der Waals surface area contributed by atoms with Crippen LogP contribution in [0.1, 0.15) is 37.2 Å². The monoisotopic (exact) mass is 343 g/mol. The quantitative estimate of drug-likeness (QED) is 0.559. The normalized spacial score (nSPS) is 11.0. The van der Waals surface area contributed by atoms with Crippen LogP contribution in [0.4, 0.5) is 0 Å². The number of benzene rings is 1. The first-order valence-electron chi connectivity index (χ1n) is 8.30. The minimum atomic E-state index is 0.580. The molecule has 0 saturated carbocycles. The molecule has 0 unspecified atom stereocenters. The number of hydrogen-bond acceptors (Lipinski definition) is 5. The van der Waals surface area contributed by atoms with E-state index < -0.39 is 0 Å². The van der Waals surface area contributed by atoms with Crippen LogP contribution in [0.25, 0.3) is 0 Å². The highest BCUT2D eigenvalue weighted by Gasteiger charge is 2.12. The largest absolute Gasteiger partial charge is 0.313 e. The van der Waals surface area contributed by atoms with Gasteiger partial charge >= 0.3 is 0 Å². The van der Waals surface area contributed by atoms with Crippen molar-refractivity contribution >= 4 is 11.8 Å². The third-order valence-electron chi connectivity index (χ3n) is 3.66. The third-order valence-corrected chi connectivity index (χ3v) is 4.33. The molecular weight excluding hydrogens is 318 g/mol. The van der Waals surface area contributed by atoms with Gasteiger partial charge in [0.15, 0.2) is 5.16 Å². The molecule has 1 aromatic carbocycles. The van der Waals surface area contributed by atoms with Crippen LogP contribution in [-0.2, 0) is 19.5 Å². The van der Waals surface area contributed by atoms with E-state index in [0.717, 1.165) is 49.0 Å². The molecule has 0 bridgehead atoms. The maximum atomic E-state index is 8.92. The number of aryl methyl sites for hydroxylation is 1. The molecule has 1 heterocycles. The molecule has 0 saturated heterocycles. The van der Waals surface area contributed by atoms with Crippen molar-refractivity contribution in [2.45, 2.75) is 44.9 Å². The van der Waals surface area contributed by atoms with Crippen LogP contribution in [0.3, 0.4) is 0 Å². The maximum Gasteiger partial charge on any atom is 0.190 e. The highest BCUT2D eigenvalue weighted by Crippen LogP contribution is 2.16. The molecule has 1 N–H and O–H groups in total. The summed E-state index contributed by atoms with van der Waals surface area (Å²) < 4.78 is 2.24. The Kier molecular flexibility index (Phi) is 7.29. The summed E-state index contributed by atoms with van der Waals surface area (Å²) in [6.45, 7) is 7.09. The van der Waals surface area contributed by atoms with E-state index in [9.17, 15) is 0 Å². The van der Waals surface area contributed by atoms with Gasteiger partial charge in [0.05, 0.1) is 11.6 Å². The molecule has 0 radical (unpaired) electrons. The number of nitriles is 1. The fourth-order valence-corrected chi connectivity index (χ4v) is 3.08. The van der Waals surface area contributed by atoms with E-state index >= 15 is 0 Å². The molecular formula is C18H25N5S. The van der Waals surface area contributed by atoms with E-state index in [-0.39, 0.29) is 0 Å².